The van der Waals surface area contributed by atoms with E-state index in [9.17, 15) is 30.3 Å². The molecule has 0 spiro atoms. The highest BCUT2D eigenvalue weighted by Crippen LogP contribution is 2.39. The van der Waals surface area contributed by atoms with E-state index in [2.05, 4.69) is 0 Å². The average Bonchev–Trinajstić information content (AvgIpc) is 2.88. The number of fused-ring (bicyclic) bond motifs is 1. The number of aliphatic hydroxyl groups is 4. The molecule has 0 unspecified atom stereocenters. The average molecular weight is 506 g/mol. The molecule has 2 heterocycles. The summed E-state index contributed by atoms with van der Waals surface area (Å²) in [5.41, 5.74) is -0.311. The number of methoxy groups -OCH3 is 3. The van der Waals surface area contributed by atoms with Gasteiger partial charge in [-0.1, -0.05) is 0 Å². The zero-order chi connectivity index (χ0) is 26.1. The zero-order valence-corrected chi connectivity index (χ0v) is 19.6. The molecule has 1 aliphatic heterocycles. The van der Waals surface area contributed by atoms with Crippen molar-refractivity contribution >= 4 is 11.0 Å². The van der Waals surface area contributed by atoms with Crippen molar-refractivity contribution in [2.75, 3.05) is 27.9 Å². The molecule has 1 fully saturated rings. The fourth-order valence-electron chi connectivity index (χ4n) is 3.98. The van der Waals surface area contributed by atoms with Gasteiger partial charge in [0, 0.05) is 17.7 Å². The first kappa shape index (κ1) is 25.5. The number of aromatic hydroxyl groups is 1. The monoisotopic (exact) mass is 506 g/mol. The highest BCUT2D eigenvalue weighted by atomic mass is 16.7. The molecule has 1 aliphatic rings. The van der Waals surface area contributed by atoms with Crippen LogP contribution in [0.1, 0.15) is 0 Å². The Bertz CT molecular complexity index is 1300. The van der Waals surface area contributed by atoms with Crippen LogP contribution in [0.3, 0.4) is 0 Å². The first-order valence-corrected chi connectivity index (χ1v) is 10.8. The lowest BCUT2D eigenvalue weighted by Crippen LogP contribution is -2.60. The maximum atomic E-state index is 13.2. The van der Waals surface area contributed by atoms with Gasteiger partial charge < -0.3 is 53.6 Å². The second-order valence-corrected chi connectivity index (χ2v) is 7.99. The minimum Gasteiger partial charge on any atom is -0.507 e. The Labute approximate surface area is 204 Å². The van der Waals surface area contributed by atoms with Crippen molar-refractivity contribution in [2.45, 2.75) is 30.7 Å². The van der Waals surface area contributed by atoms with E-state index >= 15 is 0 Å². The maximum Gasteiger partial charge on any atom is 0.239 e. The van der Waals surface area contributed by atoms with E-state index in [0.717, 1.165) is 6.07 Å². The summed E-state index contributed by atoms with van der Waals surface area (Å²) >= 11 is 0. The summed E-state index contributed by atoms with van der Waals surface area (Å²) < 4.78 is 32.7. The van der Waals surface area contributed by atoms with Gasteiger partial charge in [0.2, 0.25) is 17.5 Å². The fraction of sp³-hybridized carbons (Fsp3) is 0.375. The molecular formula is C24H26O12. The number of hydrogen-bond acceptors (Lipinski definition) is 12. The van der Waals surface area contributed by atoms with Crippen LogP contribution in [0, 0.1) is 0 Å². The number of rotatable bonds is 7. The number of ether oxygens (including phenoxy) is 5. The molecule has 0 bridgehead atoms. The number of aliphatic hydroxyl groups excluding tert-OH is 4. The molecule has 194 valence electrons. The molecule has 2 aromatic carbocycles. The largest absolute Gasteiger partial charge is 0.507 e. The van der Waals surface area contributed by atoms with Gasteiger partial charge in [-0.3, -0.25) is 4.79 Å². The number of phenolic OH excluding ortho intramolecular Hbond substituents is 1. The Balaban J connectivity index is 1.80. The number of phenols is 1. The van der Waals surface area contributed by atoms with Crippen LogP contribution in [0.2, 0.25) is 0 Å². The SMILES string of the molecule is COc1ccc(-c2oc3cc(O[C@@H]4O[C@H](CO)[C@@H](O)[C@H](O)[C@H]4O)cc(O)c3c(=O)c2OC)cc1OC. The van der Waals surface area contributed by atoms with Crippen LogP contribution in [0.5, 0.6) is 28.7 Å². The fourth-order valence-corrected chi connectivity index (χ4v) is 3.98. The summed E-state index contributed by atoms with van der Waals surface area (Å²) in [6.07, 6.45) is -7.60. The second-order valence-electron chi connectivity index (χ2n) is 7.99. The normalized spacial score (nSPS) is 23.9. The summed E-state index contributed by atoms with van der Waals surface area (Å²) in [4.78, 5) is 13.2. The Morgan fingerprint density at radius 1 is 0.917 bits per heavy atom. The van der Waals surface area contributed by atoms with Crippen LogP contribution in [-0.4, -0.2) is 84.2 Å². The smallest absolute Gasteiger partial charge is 0.239 e. The predicted octanol–water partition coefficient (Wildman–Crippen LogP) is 0.370. The molecule has 36 heavy (non-hydrogen) atoms. The molecule has 0 amide bonds. The van der Waals surface area contributed by atoms with Crippen molar-refractivity contribution < 1.29 is 53.6 Å². The molecule has 5 N–H and O–H groups in total. The molecule has 12 heteroatoms. The van der Waals surface area contributed by atoms with Crippen molar-refractivity contribution in [1.29, 1.82) is 0 Å². The van der Waals surface area contributed by atoms with Gasteiger partial charge in [-0.15, -0.1) is 0 Å². The van der Waals surface area contributed by atoms with E-state index < -0.39 is 48.5 Å². The highest BCUT2D eigenvalue weighted by Gasteiger charge is 2.44. The Morgan fingerprint density at radius 3 is 2.28 bits per heavy atom. The summed E-state index contributed by atoms with van der Waals surface area (Å²) in [5.74, 6) is 0.125. The quantitative estimate of drug-likeness (QED) is 0.298. The van der Waals surface area contributed by atoms with Crippen LogP contribution < -0.4 is 24.4 Å². The first-order chi connectivity index (χ1) is 17.2. The summed E-state index contributed by atoms with van der Waals surface area (Å²) in [7, 11) is 4.22. The summed E-state index contributed by atoms with van der Waals surface area (Å²) in [5, 5.41) is 50.0. The van der Waals surface area contributed by atoms with E-state index in [-0.39, 0.29) is 28.2 Å². The Hall–Kier alpha value is -3.55. The van der Waals surface area contributed by atoms with Crippen molar-refractivity contribution in [3.8, 4) is 40.1 Å². The van der Waals surface area contributed by atoms with Crippen molar-refractivity contribution in [3.05, 3.63) is 40.6 Å². The minimum atomic E-state index is -1.68. The molecule has 5 atom stereocenters. The molecule has 1 aromatic heterocycles. The van der Waals surface area contributed by atoms with Crippen molar-refractivity contribution in [3.63, 3.8) is 0 Å². The van der Waals surface area contributed by atoms with Gasteiger partial charge >= 0.3 is 0 Å². The number of benzene rings is 2. The Kier molecular flexibility index (Phi) is 7.24. The zero-order valence-electron chi connectivity index (χ0n) is 19.6. The van der Waals surface area contributed by atoms with E-state index in [1.807, 2.05) is 0 Å². The van der Waals surface area contributed by atoms with Crippen LogP contribution in [0.15, 0.2) is 39.5 Å². The third kappa shape index (κ3) is 4.40. The number of hydrogen-bond donors (Lipinski definition) is 5. The van der Waals surface area contributed by atoms with Gasteiger partial charge in [0.05, 0.1) is 27.9 Å². The van der Waals surface area contributed by atoms with Crippen molar-refractivity contribution in [2.24, 2.45) is 0 Å². The molecule has 1 saturated heterocycles. The summed E-state index contributed by atoms with van der Waals surface area (Å²) in [6, 6.07) is 7.20. The van der Waals surface area contributed by atoms with Crippen LogP contribution in [-0.2, 0) is 4.74 Å². The predicted molar refractivity (Wildman–Crippen MR) is 124 cm³/mol. The topological polar surface area (TPSA) is 178 Å². The second kappa shape index (κ2) is 10.2. The van der Waals surface area contributed by atoms with E-state index in [4.69, 9.17) is 28.1 Å². The third-order valence-electron chi connectivity index (χ3n) is 5.86. The standard InChI is InChI=1S/C24H26O12/c1-31-13-5-4-10(6-14(13)32-2)22-23(33-3)19(28)17-12(26)7-11(8-15(17)35-22)34-24-21(30)20(29)18(27)16(9-25)36-24/h4-8,16,18,20-21,24-27,29-30H,9H2,1-3H3/t16-,18-,20+,21-,24-/m1/s1. The molecule has 4 rings (SSSR count). The minimum absolute atomic E-state index is 0.0420. The molecule has 0 aliphatic carbocycles. The summed E-state index contributed by atoms with van der Waals surface area (Å²) in [6.45, 7) is -0.642. The lowest BCUT2D eigenvalue weighted by Gasteiger charge is -2.39. The van der Waals surface area contributed by atoms with E-state index in [1.54, 1.807) is 18.2 Å². The van der Waals surface area contributed by atoms with E-state index in [1.165, 1.54) is 27.4 Å². The van der Waals surface area contributed by atoms with Crippen LogP contribution in [0.4, 0.5) is 0 Å². The lowest BCUT2D eigenvalue weighted by molar-refractivity contribution is -0.277. The van der Waals surface area contributed by atoms with Crippen molar-refractivity contribution in [1.82, 2.24) is 0 Å². The van der Waals surface area contributed by atoms with Gasteiger partial charge in [0.25, 0.3) is 0 Å². The highest BCUT2D eigenvalue weighted by molar-refractivity contribution is 5.88. The molecular weight excluding hydrogens is 480 g/mol. The van der Waals surface area contributed by atoms with Gasteiger partial charge in [-0.2, -0.15) is 0 Å². The van der Waals surface area contributed by atoms with Gasteiger partial charge in [0.15, 0.2) is 17.3 Å². The van der Waals surface area contributed by atoms with Crippen LogP contribution >= 0.6 is 0 Å². The molecule has 0 saturated carbocycles. The van der Waals surface area contributed by atoms with E-state index in [0.29, 0.717) is 17.1 Å². The first-order valence-electron chi connectivity index (χ1n) is 10.8. The molecule has 12 nitrogen and oxygen atoms in total. The molecule has 0 radical (unpaired) electrons. The van der Waals surface area contributed by atoms with Crippen LogP contribution in [0.25, 0.3) is 22.3 Å². The lowest BCUT2D eigenvalue weighted by atomic mass is 9.99. The third-order valence-corrected chi connectivity index (χ3v) is 5.86. The maximum absolute atomic E-state index is 13.2. The molecule has 3 aromatic rings. The Morgan fingerprint density at radius 2 is 1.64 bits per heavy atom. The van der Waals surface area contributed by atoms with Gasteiger partial charge in [-0.25, -0.2) is 0 Å². The van der Waals surface area contributed by atoms with Gasteiger partial charge in [0.1, 0.15) is 46.9 Å². The van der Waals surface area contributed by atoms with Gasteiger partial charge in [-0.05, 0) is 18.2 Å².